The number of nitrogens with zero attached hydrogens (tertiary/aromatic N) is 3. The number of aliphatic imine (C=N–C) groups is 1. The molecule has 0 aromatic carbocycles. The van der Waals surface area contributed by atoms with Crippen LogP contribution in [0.3, 0.4) is 0 Å². The summed E-state index contributed by atoms with van der Waals surface area (Å²) in [6.07, 6.45) is 6.25. The molecule has 1 saturated heterocycles. The van der Waals surface area contributed by atoms with Gasteiger partial charge in [-0.2, -0.15) is 0 Å². The molecule has 0 radical (unpaired) electrons. The summed E-state index contributed by atoms with van der Waals surface area (Å²) in [6, 6.07) is 1.42. The number of halogens is 1. The zero-order valence-electron chi connectivity index (χ0n) is 17.8. The van der Waals surface area contributed by atoms with E-state index in [2.05, 4.69) is 35.9 Å². The molecule has 1 heterocycles. The SMILES string of the molecule is CCNC(=NCCN(C(C)C)C1CC1)N1CCC(OCCCOC)CC1.I. The van der Waals surface area contributed by atoms with Gasteiger partial charge in [-0.1, -0.05) is 0 Å². The van der Waals surface area contributed by atoms with Crippen LogP contribution < -0.4 is 5.32 Å². The second-order valence-corrected chi connectivity index (χ2v) is 7.70. The number of hydrogen-bond donors (Lipinski definition) is 1. The second kappa shape index (κ2) is 14.0. The molecule has 27 heavy (non-hydrogen) atoms. The van der Waals surface area contributed by atoms with Crippen LogP contribution in [-0.2, 0) is 9.47 Å². The Kier molecular flexibility index (Phi) is 12.9. The Labute approximate surface area is 183 Å². The standard InChI is InChI=1S/C20H40N4O2.HI/c1-5-21-20(22-11-14-24(17(2)3)18-7-8-18)23-12-9-19(10-13-23)26-16-6-15-25-4;/h17-19H,5-16H2,1-4H3,(H,21,22);1H. The van der Waals surface area contributed by atoms with Crippen molar-refractivity contribution < 1.29 is 9.47 Å². The third kappa shape index (κ3) is 9.28. The molecule has 1 N–H and O–H groups in total. The van der Waals surface area contributed by atoms with E-state index in [1.807, 2.05) is 0 Å². The van der Waals surface area contributed by atoms with Gasteiger partial charge in [0.15, 0.2) is 5.96 Å². The summed E-state index contributed by atoms with van der Waals surface area (Å²) in [5.74, 6) is 1.07. The molecule has 160 valence electrons. The Hall–Kier alpha value is -0.120. The van der Waals surface area contributed by atoms with Crippen molar-refractivity contribution >= 4 is 29.9 Å². The average molecular weight is 496 g/mol. The molecule has 0 aromatic heterocycles. The first-order valence-corrected chi connectivity index (χ1v) is 10.5. The Morgan fingerprint density at radius 3 is 2.44 bits per heavy atom. The van der Waals surface area contributed by atoms with E-state index in [1.165, 1.54) is 12.8 Å². The Morgan fingerprint density at radius 1 is 1.19 bits per heavy atom. The van der Waals surface area contributed by atoms with Crippen LogP contribution >= 0.6 is 24.0 Å². The fourth-order valence-electron chi connectivity index (χ4n) is 3.65. The molecule has 2 aliphatic rings. The van der Waals surface area contributed by atoms with Crippen LogP contribution in [0.4, 0.5) is 0 Å². The van der Waals surface area contributed by atoms with E-state index < -0.39 is 0 Å². The van der Waals surface area contributed by atoms with E-state index in [9.17, 15) is 0 Å². The first-order chi connectivity index (χ1) is 12.7. The fraction of sp³-hybridized carbons (Fsp3) is 0.950. The lowest BCUT2D eigenvalue weighted by Crippen LogP contribution is -2.47. The molecule has 2 rings (SSSR count). The maximum absolute atomic E-state index is 5.97. The number of methoxy groups -OCH3 is 1. The maximum atomic E-state index is 5.97. The predicted molar refractivity (Wildman–Crippen MR) is 123 cm³/mol. The van der Waals surface area contributed by atoms with E-state index in [-0.39, 0.29) is 24.0 Å². The van der Waals surface area contributed by atoms with E-state index in [0.29, 0.717) is 12.1 Å². The number of likely N-dealkylation sites (tertiary alicyclic amines) is 1. The summed E-state index contributed by atoms with van der Waals surface area (Å²) in [5.41, 5.74) is 0. The van der Waals surface area contributed by atoms with Crippen molar-refractivity contribution in [1.29, 1.82) is 0 Å². The van der Waals surface area contributed by atoms with E-state index >= 15 is 0 Å². The number of piperidine rings is 1. The number of hydrogen-bond acceptors (Lipinski definition) is 4. The van der Waals surface area contributed by atoms with Crippen LogP contribution in [-0.4, -0.2) is 87.0 Å². The molecule has 1 saturated carbocycles. The van der Waals surface area contributed by atoms with Crippen LogP contribution in [0, 0.1) is 0 Å². The summed E-state index contributed by atoms with van der Waals surface area (Å²) < 4.78 is 11.1. The third-order valence-corrected chi connectivity index (χ3v) is 5.22. The molecule has 0 atom stereocenters. The minimum Gasteiger partial charge on any atom is -0.385 e. The van der Waals surface area contributed by atoms with Gasteiger partial charge in [0, 0.05) is 58.6 Å². The van der Waals surface area contributed by atoms with Gasteiger partial charge < -0.3 is 19.7 Å². The topological polar surface area (TPSA) is 49.3 Å². The maximum Gasteiger partial charge on any atom is 0.193 e. The van der Waals surface area contributed by atoms with Gasteiger partial charge >= 0.3 is 0 Å². The van der Waals surface area contributed by atoms with Gasteiger partial charge in [-0.15, -0.1) is 24.0 Å². The summed E-state index contributed by atoms with van der Waals surface area (Å²) >= 11 is 0. The van der Waals surface area contributed by atoms with Crippen LogP contribution in [0.2, 0.25) is 0 Å². The van der Waals surface area contributed by atoms with Gasteiger partial charge in [-0.3, -0.25) is 9.89 Å². The molecular weight excluding hydrogens is 455 g/mol. The quantitative estimate of drug-likeness (QED) is 0.206. The largest absolute Gasteiger partial charge is 0.385 e. The Balaban J connectivity index is 0.00000364. The van der Waals surface area contributed by atoms with Gasteiger partial charge in [-0.05, 0) is 52.9 Å². The molecule has 0 spiro atoms. The zero-order valence-corrected chi connectivity index (χ0v) is 20.1. The second-order valence-electron chi connectivity index (χ2n) is 7.70. The van der Waals surface area contributed by atoms with Crippen molar-refractivity contribution in [2.24, 2.45) is 4.99 Å². The van der Waals surface area contributed by atoms with E-state index in [1.54, 1.807) is 7.11 Å². The summed E-state index contributed by atoms with van der Waals surface area (Å²) in [6.45, 7) is 13.2. The van der Waals surface area contributed by atoms with Gasteiger partial charge in [0.25, 0.3) is 0 Å². The summed E-state index contributed by atoms with van der Waals surface area (Å²) in [5, 5.41) is 3.47. The summed E-state index contributed by atoms with van der Waals surface area (Å²) in [7, 11) is 1.74. The lowest BCUT2D eigenvalue weighted by molar-refractivity contribution is 0.00989. The number of guanidine groups is 1. The number of rotatable bonds is 11. The minimum atomic E-state index is 0. The van der Waals surface area contributed by atoms with Crippen molar-refractivity contribution in [2.75, 3.05) is 53.0 Å². The predicted octanol–water partition coefficient (Wildman–Crippen LogP) is 2.96. The van der Waals surface area contributed by atoms with Crippen molar-refractivity contribution in [3.05, 3.63) is 0 Å². The molecule has 7 heteroatoms. The summed E-state index contributed by atoms with van der Waals surface area (Å²) in [4.78, 5) is 9.92. The average Bonchev–Trinajstić information content (AvgIpc) is 3.46. The highest BCUT2D eigenvalue weighted by Gasteiger charge is 2.30. The van der Waals surface area contributed by atoms with Crippen molar-refractivity contribution in [2.45, 2.75) is 71.1 Å². The van der Waals surface area contributed by atoms with Gasteiger partial charge in [-0.25, -0.2) is 0 Å². The smallest absolute Gasteiger partial charge is 0.193 e. The van der Waals surface area contributed by atoms with Gasteiger partial charge in [0.05, 0.1) is 12.6 Å². The van der Waals surface area contributed by atoms with Gasteiger partial charge in [0.2, 0.25) is 0 Å². The monoisotopic (exact) mass is 496 g/mol. The van der Waals surface area contributed by atoms with Gasteiger partial charge in [0.1, 0.15) is 0 Å². The zero-order chi connectivity index (χ0) is 18.8. The first kappa shape index (κ1) is 24.9. The molecule has 1 aliphatic heterocycles. The number of ether oxygens (including phenoxy) is 2. The number of nitrogens with one attached hydrogen (secondary N) is 1. The van der Waals surface area contributed by atoms with Crippen LogP contribution in [0.25, 0.3) is 0 Å². The molecule has 0 amide bonds. The molecule has 2 fully saturated rings. The molecule has 0 aromatic rings. The lowest BCUT2D eigenvalue weighted by atomic mass is 10.1. The Bertz CT molecular complexity index is 409. The fourth-order valence-corrected chi connectivity index (χ4v) is 3.65. The van der Waals surface area contributed by atoms with Crippen LogP contribution in [0.5, 0.6) is 0 Å². The van der Waals surface area contributed by atoms with Crippen molar-refractivity contribution in [3.63, 3.8) is 0 Å². The molecule has 0 bridgehead atoms. The highest BCUT2D eigenvalue weighted by Crippen LogP contribution is 2.28. The van der Waals surface area contributed by atoms with Crippen molar-refractivity contribution in [1.82, 2.24) is 15.1 Å². The first-order valence-electron chi connectivity index (χ1n) is 10.5. The van der Waals surface area contributed by atoms with Crippen molar-refractivity contribution in [3.8, 4) is 0 Å². The normalized spacial score (nSPS) is 18.9. The minimum absolute atomic E-state index is 0. The molecule has 0 unspecified atom stereocenters. The molecule has 6 nitrogen and oxygen atoms in total. The van der Waals surface area contributed by atoms with E-state index in [4.69, 9.17) is 14.5 Å². The highest BCUT2D eigenvalue weighted by atomic mass is 127. The lowest BCUT2D eigenvalue weighted by Gasteiger charge is -2.34. The molecular formula is C20H41IN4O2. The van der Waals surface area contributed by atoms with Crippen LogP contribution in [0.15, 0.2) is 4.99 Å². The highest BCUT2D eigenvalue weighted by molar-refractivity contribution is 14.0. The Morgan fingerprint density at radius 2 is 1.89 bits per heavy atom. The third-order valence-electron chi connectivity index (χ3n) is 5.22. The molecule has 1 aliphatic carbocycles. The van der Waals surface area contributed by atoms with E-state index in [0.717, 1.165) is 77.2 Å². The van der Waals surface area contributed by atoms with Crippen LogP contribution in [0.1, 0.15) is 52.9 Å².